The molecule has 0 radical (unpaired) electrons. The molecule has 1 heterocycles. The van der Waals surface area contributed by atoms with Crippen LogP contribution in [0.4, 0.5) is 0 Å². The van der Waals surface area contributed by atoms with E-state index in [1.807, 2.05) is 0 Å². The predicted molar refractivity (Wildman–Crippen MR) is 84.6 cm³/mol. The monoisotopic (exact) mass is 283 g/mol. The van der Waals surface area contributed by atoms with E-state index in [2.05, 4.69) is 51.9 Å². The smallest absolute Gasteiger partial charge is 0.0982 e. The fourth-order valence-electron chi connectivity index (χ4n) is 1.78. The Balaban J connectivity index is 2.44. The van der Waals surface area contributed by atoms with E-state index in [4.69, 9.17) is 10.7 Å². The minimum absolute atomic E-state index is 0.154. The van der Waals surface area contributed by atoms with Gasteiger partial charge in [0.1, 0.15) is 0 Å². The van der Waals surface area contributed by atoms with Gasteiger partial charge in [0.05, 0.1) is 10.7 Å². The number of rotatable bonds is 6. The summed E-state index contributed by atoms with van der Waals surface area (Å²) < 4.78 is 0. The molecule has 1 aromatic heterocycles. The van der Waals surface area contributed by atoms with E-state index in [0.717, 1.165) is 19.5 Å². The first-order chi connectivity index (χ1) is 8.70. The summed E-state index contributed by atoms with van der Waals surface area (Å²) in [5, 5.41) is 3.40. The highest BCUT2D eigenvalue weighted by Gasteiger charge is 2.18. The second kappa shape index (κ2) is 6.82. The van der Waals surface area contributed by atoms with Gasteiger partial charge < -0.3 is 10.6 Å². The van der Waals surface area contributed by atoms with Crippen LogP contribution in [0.15, 0.2) is 5.38 Å². The summed E-state index contributed by atoms with van der Waals surface area (Å²) in [6, 6.07) is 0.294. The normalized spacial score (nSPS) is 14.4. The molecule has 4 heteroatoms. The molecule has 0 saturated heterocycles. The molecule has 2 N–H and O–H groups in total. The molecular weight excluding hydrogens is 254 g/mol. The Morgan fingerprint density at radius 3 is 2.47 bits per heavy atom. The molecule has 0 saturated carbocycles. The second-order valence-corrected chi connectivity index (χ2v) is 7.69. The van der Waals surface area contributed by atoms with Gasteiger partial charge in [0.15, 0.2) is 0 Å². The van der Waals surface area contributed by atoms with Gasteiger partial charge in [-0.05, 0) is 25.9 Å². The van der Waals surface area contributed by atoms with E-state index in [-0.39, 0.29) is 5.41 Å². The van der Waals surface area contributed by atoms with E-state index in [0.29, 0.717) is 12.0 Å². The molecule has 1 unspecified atom stereocenters. The first-order valence-corrected chi connectivity index (χ1v) is 7.97. The summed E-state index contributed by atoms with van der Waals surface area (Å²) in [5.41, 5.74) is 7.41. The zero-order chi connectivity index (χ0) is 14.6. The largest absolute Gasteiger partial charge is 0.327 e. The SMILES string of the molecule is CC(C)C(N)CCN(C)Cc1csc(C(C)(C)C)n1. The molecule has 1 atom stereocenters. The standard InChI is InChI=1S/C15H29N3S/c1-11(2)13(16)7-8-18(6)9-12-10-19-14(17-12)15(3,4)5/h10-11,13H,7-9,16H2,1-6H3. The third-order valence-corrected chi connectivity index (χ3v) is 4.64. The van der Waals surface area contributed by atoms with Crippen LogP contribution in [0.3, 0.4) is 0 Å². The van der Waals surface area contributed by atoms with Crippen LogP contribution < -0.4 is 5.73 Å². The topological polar surface area (TPSA) is 42.1 Å². The molecule has 0 fully saturated rings. The number of thiazole rings is 1. The lowest BCUT2D eigenvalue weighted by molar-refractivity contribution is 0.293. The van der Waals surface area contributed by atoms with Gasteiger partial charge in [-0.15, -0.1) is 11.3 Å². The van der Waals surface area contributed by atoms with Crippen molar-refractivity contribution in [2.24, 2.45) is 11.7 Å². The second-order valence-electron chi connectivity index (χ2n) is 6.83. The highest BCUT2D eigenvalue weighted by Crippen LogP contribution is 2.25. The van der Waals surface area contributed by atoms with Crippen molar-refractivity contribution in [3.8, 4) is 0 Å². The quantitative estimate of drug-likeness (QED) is 0.871. The molecule has 19 heavy (non-hydrogen) atoms. The van der Waals surface area contributed by atoms with Crippen LogP contribution in [0.1, 0.15) is 51.7 Å². The summed E-state index contributed by atoms with van der Waals surface area (Å²) in [7, 11) is 2.14. The molecule has 3 nitrogen and oxygen atoms in total. The molecule has 0 aromatic carbocycles. The lowest BCUT2D eigenvalue weighted by Crippen LogP contribution is -2.31. The van der Waals surface area contributed by atoms with Gasteiger partial charge in [-0.2, -0.15) is 0 Å². The Morgan fingerprint density at radius 2 is 2.00 bits per heavy atom. The van der Waals surface area contributed by atoms with Crippen LogP contribution >= 0.6 is 11.3 Å². The molecule has 0 bridgehead atoms. The van der Waals surface area contributed by atoms with Gasteiger partial charge in [0.2, 0.25) is 0 Å². The third kappa shape index (κ3) is 5.59. The number of hydrogen-bond donors (Lipinski definition) is 1. The van der Waals surface area contributed by atoms with Crippen molar-refractivity contribution < 1.29 is 0 Å². The van der Waals surface area contributed by atoms with E-state index in [1.165, 1.54) is 10.7 Å². The third-order valence-electron chi connectivity index (χ3n) is 3.33. The average Bonchev–Trinajstić information content (AvgIpc) is 2.73. The molecular formula is C15H29N3S. The fourth-order valence-corrected chi connectivity index (χ4v) is 2.68. The van der Waals surface area contributed by atoms with Gasteiger partial charge in [-0.3, -0.25) is 0 Å². The van der Waals surface area contributed by atoms with E-state index in [1.54, 1.807) is 11.3 Å². The van der Waals surface area contributed by atoms with Crippen LogP contribution in [0.2, 0.25) is 0 Å². The van der Waals surface area contributed by atoms with Crippen LogP contribution in [0.5, 0.6) is 0 Å². The van der Waals surface area contributed by atoms with Crippen LogP contribution in [-0.2, 0) is 12.0 Å². The van der Waals surface area contributed by atoms with Crippen molar-refractivity contribution in [1.29, 1.82) is 0 Å². The number of aromatic nitrogens is 1. The maximum absolute atomic E-state index is 6.08. The number of nitrogens with two attached hydrogens (primary N) is 1. The molecule has 0 aliphatic rings. The Morgan fingerprint density at radius 1 is 1.37 bits per heavy atom. The summed E-state index contributed by atoms with van der Waals surface area (Å²) in [6.07, 6.45) is 1.05. The highest BCUT2D eigenvalue weighted by atomic mass is 32.1. The van der Waals surface area contributed by atoms with Crippen molar-refractivity contribution in [1.82, 2.24) is 9.88 Å². The van der Waals surface area contributed by atoms with Gasteiger partial charge in [0.25, 0.3) is 0 Å². The van der Waals surface area contributed by atoms with Crippen molar-refractivity contribution in [2.45, 2.75) is 59.0 Å². The maximum Gasteiger partial charge on any atom is 0.0982 e. The minimum atomic E-state index is 0.154. The number of nitrogens with zero attached hydrogens (tertiary/aromatic N) is 2. The first-order valence-electron chi connectivity index (χ1n) is 7.09. The van der Waals surface area contributed by atoms with Crippen LogP contribution in [-0.4, -0.2) is 29.5 Å². The zero-order valence-corrected chi connectivity index (χ0v) is 14.0. The molecule has 1 rings (SSSR count). The first kappa shape index (κ1) is 16.6. The summed E-state index contributed by atoms with van der Waals surface area (Å²) in [5.74, 6) is 0.556. The summed E-state index contributed by atoms with van der Waals surface area (Å²) in [6.45, 7) is 12.9. The molecule has 0 aliphatic heterocycles. The van der Waals surface area contributed by atoms with Crippen molar-refractivity contribution in [2.75, 3.05) is 13.6 Å². The van der Waals surface area contributed by atoms with Crippen LogP contribution in [0, 0.1) is 5.92 Å². The summed E-state index contributed by atoms with van der Waals surface area (Å²) >= 11 is 1.77. The number of hydrogen-bond acceptors (Lipinski definition) is 4. The Labute approximate surface area is 122 Å². The predicted octanol–water partition coefficient (Wildman–Crippen LogP) is 3.25. The molecule has 0 aliphatic carbocycles. The van der Waals surface area contributed by atoms with Gasteiger partial charge in [-0.1, -0.05) is 34.6 Å². The molecule has 1 aromatic rings. The summed E-state index contributed by atoms with van der Waals surface area (Å²) in [4.78, 5) is 7.04. The maximum atomic E-state index is 6.08. The van der Waals surface area contributed by atoms with Crippen molar-refractivity contribution in [3.63, 3.8) is 0 Å². The van der Waals surface area contributed by atoms with E-state index >= 15 is 0 Å². The lowest BCUT2D eigenvalue weighted by atomic mass is 9.98. The Hall–Kier alpha value is -0.450. The molecule has 0 amide bonds. The van der Waals surface area contributed by atoms with E-state index in [9.17, 15) is 0 Å². The fraction of sp³-hybridized carbons (Fsp3) is 0.800. The lowest BCUT2D eigenvalue weighted by Gasteiger charge is -2.20. The van der Waals surface area contributed by atoms with Crippen molar-refractivity contribution in [3.05, 3.63) is 16.1 Å². The van der Waals surface area contributed by atoms with Gasteiger partial charge >= 0.3 is 0 Å². The minimum Gasteiger partial charge on any atom is -0.327 e. The Bertz CT molecular complexity index is 379. The molecule has 0 spiro atoms. The van der Waals surface area contributed by atoms with Gasteiger partial charge in [-0.25, -0.2) is 4.98 Å². The molecule has 110 valence electrons. The average molecular weight is 283 g/mol. The van der Waals surface area contributed by atoms with E-state index < -0.39 is 0 Å². The highest BCUT2D eigenvalue weighted by molar-refractivity contribution is 7.09. The van der Waals surface area contributed by atoms with Crippen molar-refractivity contribution >= 4 is 11.3 Å². The van der Waals surface area contributed by atoms with Crippen LogP contribution in [0.25, 0.3) is 0 Å². The zero-order valence-electron chi connectivity index (χ0n) is 13.2. The van der Waals surface area contributed by atoms with Gasteiger partial charge in [0, 0.05) is 23.4 Å². The Kier molecular flexibility index (Phi) is 5.96.